The zero-order valence-corrected chi connectivity index (χ0v) is 23.1. The highest BCUT2D eigenvalue weighted by atomic mass is 32.1. The number of hydrogen-bond donors (Lipinski definition) is 1. The SMILES string of the molecule is CC(C)(C)OC(=O)N1CC(c2ccc(-c3nc4ccc(C5(c6ccccc6)C=C5)nc4s3)c(F)c2)CC1C(=O)O. The number of benzene rings is 2. The third kappa shape index (κ3) is 4.75. The molecule has 3 heterocycles. The molecule has 2 aromatic heterocycles. The van der Waals surface area contributed by atoms with Crippen LogP contribution in [0, 0.1) is 5.82 Å². The van der Waals surface area contributed by atoms with Gasteiger partial charge in [0.1, 0.15) is 32.8 Å². The van der Waals surface area contributed by atoms with Gasteiger partial charge in [0.15, 0.2) is 0 Å². The van der Waals surface area contributed by atoms with Crippen molar-refractivity contribution in [2.45, 2.75) is 50.2 Å². The summed E-state index contributed by atoms with van der Waals surface area (Å²) in [5, 5.41) is 10.2. The van der Waals surface area contributed by atoms with Gasteiger partial charge >= 0.3 is 12.1 Å². The zero-order chi connectivity index (χ0) is 28.2. The standard InChI is InChI=1S/C31H28FN3O4S/c1-30(2,3)39-29(38)35-17-19(16-24(35)28(36)37)18-9-10-21(22(32)15-18)26-33-23-11-12-25(34-27(23)40-26)31(13-14-31)20-7-5-4-6-8-20/h4-15,19,24H,16-17H2,1-3H3,(H,36,37). The molecule has 4 aromatic rings. The van der Waals surface area contributed by atoms with Crippen molar-refractivity contribution in [3.63, 3.8) is 0 Å². The lowest BCUT2D eigenvalue weighted by molar-refractivity contribution is -0.142. The first-order chi connectivity index (χ1) is 19.0. The van der Waals surface area contributed by atoms with Crippen molar-refractivity contribution in [1.82, 2.24) is 14.9 Å². The molecule has 2 atom stereocenters. The van der Waals surface area contributed by atoms with Crippen molar-refractivity contribution in [3.05, 3.63) is 95.5 Å². The molecule has 40 heavy (non-hydrogen) atoms. The highest BCUT2D eigenvalue weighted by Crippen LogP contribution is 2.45. The molecule has 0 radical (unpaired) electrons. The van der Waals surface area contributed by atoms with Crippen LogP contribution < -0.4 is 0 Å². The molecule has 1 aliphatic carbocycles. The van der Waals surface area contributed by atoms with Gasteiger partial charge in [-0.1, -0.05) is 59.9 Å². The van der Waals surface area contributed by atoms with Crippen molar-refractivity contribution in [2.75, 3.05) is 6.54 Å². The molecular weight excluding hydrogens is 529 g/mol. The van der Waals surface area contributed by atoms with Gasteiger partial charge in [-0.3, -0.25) is 4.90 Å². The van der Waals surface area contributed by atoms with Gasteiger partial charge in [-0.25, -0.2) is 23.9 Å². The van der Waals surface area contributed by atoms with Crippen molar-refractivity contribution in [3.8, 4) is 10.6 Å². The Morgan fingerprint density at radius 1 is 1.07 bits per heavy atom. The number of amides is 1. The molecular formula is C31H28FN3O4S. The number of nitrogens with zero attached hydrogens (tertiary/aromatic N) is 3. The number of aliphatic carboxylic acids is 1. The molecule has 1 fully saturated rings. The minimum atomic E-state index is -1.11. The van der Waals surface area contributed by atoms with E-state index in [0.717, 1.165) is 16.1 Å². The number of allylic oxidation sites excluding steroid dienone is 2. The van der Waals surface area contributed by atoms with E-state index in [0.29, 0.717) is 21.7 Å². The largest absolute Gasteiger partial charge is 0.480 e. The second kappa shape index (κ2) is 9.52. The highest BCUT2D eigenvalue weighted by Gasteiger charge is 2.42. The van der Waals surface area contributed by atoms with Crippen molar-refractivity contribution in [2.24, 2.45) is 0 Å². The van der Waals surface area contributed by atoms with Crippen LogP contribution in [0.5, 0.6) is 0 Å². The van der Waals surface area contributed by atoms with E-state index in [9.17, 15) is 14.7 Å². The third-order valence-corrected chi connectivity index (χ3v) is 8.34. The molecule has 7 nitrogen and oxygen atoms in total. The van der Waals surface area contributed by atoms with Gasteiger partial charge in [-0.05, 0) is 62.6 Å². The van der Waals surface area contributed by atoms with Crippen LogP contribution >= 0.6 is 11.3 Å². The molecule has 2 unspecified atom stereocenters. The maximum atomic E-state index is 15.5. The number of carboxylic acids is 1. The topological polar surface area (TPSA) is 92.6 Å². The fraction of sp³-hybridized carbons (Fsp3) is 0.290. The van der Waals surface area contributed by atoms with Crippen LogP contribution in [0.1, 0.15) is 49.9 Å². The Morgan fingerprint density at radius 2 is 1.82 bits per heavy atom. The van der Waals surface area contributed by atoms with E-state index >= 15 is 4.39 Å². The Balaban J connectivity index is 1.25. The molecule has 9 heteroatoms. The Morgan fingerprint density at radius 3 is 2.48 bits per heavy atom. The number of hydrogen-bond acceptors (Lipinski definition) is 6. The predicted molar refractivity (Wildman–Crippen MR) is 151 cm³/mol. The summed E-state index contributed by atoms with van der Waals surface area (Å²) in [6.07, 6.45) is 3.74. The van der Waals surface area contributed by atoms with Crippen molar-refractivity contribution >= 4 is 33.7 Å². The van der Waals surface area contributed by atoms with E-state index < -0.39 is 29.5 Å². The molecule has 204 valence electrons. The summed E-state index contributed by atoms with van der Waals surface area (Å²) >= 11 is 1.33. The Labute approximate surface area is 235 Å². The fourth-order valence-corrected chi connectivity index (χ4v) is 6.23. The average Bonchev–Trinajstić information content (AvgIpc) is 3.40. The summed E-state index contributed by atoms with van der Waals surface area (Å²) in [6, 6.07) is 17.9. The fourth-order valence-electron chi connectivity index (χ4n) is 5.26. The van der Waals surface area contributed by atoms with Crippen LogP contribution in [0.4, 0.5) is 9.18 Å². The third-order valence-electron chi connectivity index (χ3n) is 7.34. The first-order valence-electron chi connectivity index (χ1n) is 13.1. The summed E-state index contributed by atoms with van der Waals surface area (Å²) in [4.78, 5) is 36.0. The molecule has 6 rings (SSSR count). The number of rotatable bonds is 5. The summed E-state index contributed by atoms with van der Waals surface area (Å²) in [5.74, 6) is -1.90. The Hall–Kier alpha value is -4.11. The van der Waals surface area contributed by atoms with Gasteiger partial charge < -0.3 is 9.84 Å². The maximum Gasteiger partial charge on any atom is 0.411 e. The lowest BCUT2D eigenvalue weighted by Gasteiger charge is -2.26. The first kappa shape index (κ1) is 26.1. The van der Waals surface area contributed by atoms with Crippen molar-refractivity contribution in [1.29, 1.82) is 0 Å². The van der Waals surface area contributed by atoms with E-state index in [1.807, 2.05) is 30.3 Å². The molecule has 1 aliphatic heterocycles. The number of aromatic nitrogens is 2. The Bertz CT molecular complexity index is 1650. The quantitative estimate of drug-likeness (QED) is 0.281. The number of carbonyl (C=O) groups excluding carboxylic acids is 1. The number of halogens is 1. The number of likely N-dealkylation sites (tertiary alicyclic amines) is 1. The van der Waals surface area contributed by atoms with Gasteiger partial charge in [0, 0.05) is 18.0 Å². The number of carbonyl (C=O) groups is 2. The molecule has 2 aromatic carbocycles. The number of thiazole rings is 1. The monoisotopic (exact) mass is 557 g/mol. The summed E-state index contributed by atoms with van der Waals surface area (Å²) < 4.78 is 20.9. The molecule has 0 bridgehead atoms. The van der Waals surface area contributed by atoms with Crippen LogP contribution in [-0.2, 0) is 14.9 Å². The molecule has 1 amide bonds. The van der Waals surface area contributed by atoms with Gasteiger partial charge in [-0.15, -0.1) is 0 Å². The second-order valence-electron chi connectivity index (χ2n) is 11.3. The number of carboxylic acid groups (broad SMARTS) is 1. The van der Waals surface area contributed by atoms with Crippen LogP contribution in [0.25, 0.3) is 20.9 Å². The van der Waals surface area contributed by atoms with E-state index in [1.54, 1.807) is 32.9 Å². The average molecular weight is 558 g/mol. The van der Waals surface area contributed by atoms with Crippen LogP contribution in [0.15, 0.2) is 72.8 Å². The Kier molecular flexibility index (Phi) is 6.22. The lowest BCUT2D eigenvalue weighted by Crippen LogP contribution is -2.43. The van der Waals surface area contributed by atoms with Gasteiger partial charge in [0.05, 0.1) is 11.1 Å². The molecule has 1 saturated heterocycles. The maximum absolute atomic E-state index is 15.5. The normalized spacial score (nSPS) is 19.6. The molecule has 0 saturated carbocycles. The number of ether oxygens (including phenoxy) is 1. The number of pyridine rings is 1. The summed E-state index contributed by atoms with van der Waals surface area (Å²) in [6.45, 7) is 5.32. The van der Waals surface area contributed by atoms with E-state index in [1.165, 1.54) is 22.3 Å². The first-order valence-corrected chi connectivity index (χ1v) is 13.9. The van der Waals surface area contributed by atoms with Crippen molar-refractivity contribution < 1.29 is 23.8 Å². The summed E-state index contributed by atoms with van der Waals surface area (Å²) in [5.41, 5.74) is 2.67. The minimum absolute atomic E-state index is 0.135. The number of fused-ring (bicyclic) bond motifs is 1. The lowest BCUT2D eigenvalue weighted by atomic mass is 9.89. The van der Waals surface area contributed by atoms with Gasteiger partial charge in [0.2, 0.25) is 0 Å². The van der Waals surface area contributed by atoms with Gasteiger partial charge in [-0.2, -0.15) is 0 Å². The smallest absolute Gasteiger partial charge is 0.411 e. The molecule has 2 aliphatic rings. The predicted octanol–water partition coefficient (Wildman–Crippen LogP) is 6.53. The van der Waals surface area contributed by atoms with Crippen LogP contribution in [-0.4, -0.2) is 50.2 Å². The highest BCUT2D eigenvalue weighted by molar-refractivity contribution is 7.21. The zero-order valence-electron chi connectivity index (χ0n) is 22.3. The molecule has 1 N–H and O–H groups in total. The second-order valence-corrected chi connectivity index (χ2v) is 12.2. The van der Waals surface area contributed by atoms with E-state index in [2.05, 4.69) is 29.3 Å². The van der Waals surface area contributed by atoms with Crippen LogP contribution in [0.3, 0.4) is 0 Å². The summed E-state index contributed by atoms with van der Waals surface area (Å²) in [7, 11) is 0. The van der Waals surface area contributed by atoms with E-state index in [4.69, 9.17) is 9.72 Å². The molecule has 0 spiro atoms. The van der Waals surface area contributed by atoms with Gasteiger partial charge in [0.25, 0.3) is 0 Å². The minimum Gasteiger partial charge on any atom is -0.480 e. The van der Waals surface area contributed by atoms with Crippen LogP contribution in [0.2, 0.25) is 0 Å². The van der Waals surface area contributed by atoms with E-state index in [-0.39, 0.29) is 24.3 Å².